The van der Waals surface area contributed by atoms with Gasteiger partial charge >= 0.3 is 0 Å². The van der Waals surface area contributed by atoms with Crippen molar-refractivity contribution in [3.63, 3.8) is 0 Å². The molecule has 6 N–H and O–H groups in total. The van der Waals surface area contributed by atoms with Crippen LogP contribution in [0, 0.1) is 5.92 Å². The van der Waals surface area contributed by atoms with E-state index in [4.69, 9.17) is 15.2 Å². The van der Waals surface area contributed by atoms with Gasteiger partial charge in [-0.15, -0.1) is 0 Å². The van der Waals surface area contributed by atoms with E-state index < -0.39 is 36.2 Å². The van der Waals surface area contributed by atoms with E-state index >= 15 is 0 Å². The van der Waals surface area contributed by atoms with Crippen LogP contribution in [0.3, 0.4) is 0 Å². The topological polar surface area (TPSA) is 134 Å². The van der Waals surface area contributed by atoms with E-state index in [2.05, 4.69) is 25.2 Å². The molecule has 0 radical (unpaired) electrons. The lowest BCUT2D eigenvalue weighted by atomic mass is 9.96. The van der Waals surface area contributed by atoms with Crippen molar-refractivity contribution in [3.05, 3.63) is 107 Å². The van der Waals surface area contributed by atoms with Gasteiger partial charge in [0.15, 0.2) is 6.29 Å². The summed E-state index contributed by atoms with van der Waals surface area (Å²) in [7, 11) is 0. The number of ether oxygens (including phenoxy) is 2. The van der Waals surface area contributed by atoms with Gasteiger partial charge in [-0.2, -0.15) is 0 Å². The molecule has 2 rings (SSSR count). The summed E-state index contributed by atoms with van der Waals surface area (Å²) in [5, 5.41) is 34.7. The molecule has 0 saturated carbocycles. The van der Waals surface area contributed by atoms with Crippen molar-refractivity contribution >= 4 is 5.91 Å². The summed E-state index contributed by atoms with van der Waals surface area (Å²) >= 11 is 0. The molecule has 0 bridgehead atoms. The quantitative estimate of drug-likeness (QED) is 0.297. The van der Waals surface area contributed by atoms with Crippen molar-refractivity contribution in [3.8, 4) is 0 Å². The fourth-order valence-corrected chi connectivity index (χ4v) is 4.66. The molecule has 0 aromatic heterocycles. The Balaban J connectivity index is 2.44. The number of hydrogen-bond acceptors (Lipinski definition) is 7. The third kappa shape index (κ3) is 13.8. The molecule has 0 aliphatic carbocycles. The normalized spacial score (nSPS) is 39.7. The zero-order chi connectivity index (χ0) is 33.6. The molecule has 248 valence electrons. The number of nitrogens with two attached hydrogens (primary N) is 1. The smallest absolute Gasteiger partial charge is 0.247 e. The van der Waals surface area contributed by atoms with Crippen molar-refractivity contribution in [2.75, 3.05) is 6.61 Å². The van der Waals surface area contributed by atoms with Crippen LogP contribution in [0.2, 0.25) is 0 Å². The van der Waals surface area contributed by atoms with Crippen LogP contribution in [0.5, 0.6) is 0 Å². The predicted molar refractivity (Wildman–Crippen MR) is 182 cm³/mol. The average Bonchev–Trinajstić information content (AvgIpc) is 2.96. The van der Waals surface area contributed by atoms with E-state index in [1.54, 1.807) is 37.3 Å². The Kier molecular flexibility index (Phi) is 15.9. The molecule has 2 aliphatic rings. The van der Waals surface area contributed by atoms with Crippen LogP contribution in [0.25, 0.3) is 0 Å². The highest BCUT2D eigenvalue weighted by Crippen LogP contribution is 2.24. The van der Waals surface area contributed by atoms with E-state index in [1.165, 1.54) is 0 Å². The second-order valence-electron chi connectivity index (χ2n) is 12.6. The van der Waals surface area contributed by atoms with Crippen LogP contribution < -0.4 is 11.1 Å². The Bertz CT molecular complexity index is 1250. The Morgan fingerprint density at radius 1 is 1.02 bits per heavy atom. The molecular formula is C37H54N2O6. The number of aliphatic hydroxyl groups is 3. The maximum absolute atomic E-state index is 13.2. The fourth-order valence-electron chi connectivity index (χ4n) is 4.66. The molecule has 0 aromatic rings. The number of rotatable bonds is 4. The van der Waals surface area contributed by atoms with Crippen molar-refractivity contribution in [2.45, 2.75) is 104 Å². The van der Waals surface area contributed by atoms with Gasteiger partial charge in [-0.25, -0.2) is 0 Å². The molecular weight excluding hydrogens is 568 g/mol. The van der Waals surface area contributed by atoms with Crippen molar-refractivity contribution < 1.29 is 29.6 Å². The van der Waals surface area contributed by atoms with Crippen LogP contribution in [0.1, 0.15) is 61.3 Å². The lowest BCUT2D eigenvalue weighted by Crippen LogP contribution is -2.59. The number of aliphatic hydroxyl groups excluding tert-OH is 2. The van der Waals surface area contributed by atoms with Gasteiger partial charge in [-0.1, -0.05) is 116 Å². The van der Waals surface area contributed by atoms with E-state index in [9.17, 15) is 20.1 Å². The van der Waals surface area contributed by atoms with Crippen molar-refractivity contribution in [1.29, 1.82) is 0 Å². The number of allylic oxidation sites excluding steroid dienone is 14. The second-order valence-corrected chi connectivity index (χ2v) is 12.6. The van der Waals surface area contributed by atoms with Gasteiger partial charge in [-0.05, 0) is 53.4 Å². The summed E-state index contributed by atoms with van der Waals surface area (Å²) in [6, 6.07) is -1.01. The van der Waals surface area contributed by atoms with Crippen LogP contribution >= 0.6 is 0 Å². The molecule has 1 amide bonds. The largest absolute Gasteiger partial charge is 0.389 e. The van der Waals surface area contributed by atoms with Crippen LogP contribution in [0.15, 0.2) is 107 Å². The standard InChI is InChI=1S/C37H54N2O6/c1-25(2)22-30-23-28(5)15-9-8-12-21-37(7,43)32(45-36-33(38)34(41)31(40)24-44-36)18-11-10-14-26(3)16-13-17-27(4)19-20-29(6)39-35(30)42/h8-19,21,23,25,29,31-34,36,40-41,43H,20,22,24,38H2,1-7H3,(H,39,42)/b9-8-,14-10-,17-13-,18-11+,21-12+,26-16-,27-19-,28-15-,30-23-/t29-,31+,32-,33+,34-,36-,37+/m0/s1. The highest BCUT2D eigenvalue weighted by atomic mass is 16.7. The van der Waals surface area contributed by atoms with Gasteiger partial charge in [0.05, 0.1) is 12.6 Å². The molecule has 1 fully saturated rings. The second kappa shape index (κ2) is 18.8. The summed E-state index contributed by atoms with van der Waals surface area (Å²) < 4.78 is 11.6. The first-order chi connectivity index (χ1) is 21.2. The Labute approximate surface area is 269 Å². The number of nitrogens with one attached hydrogen (secondary N) is 1. The first kappa shape index (κ1) is 38.1. The molecule has 0 spiro atoms. The number of carbonyl (C=O) groups excluding carboxylic acids is 1. The zero-order valence-corrected chi connectivity index (χ0v) is 27.9. The summed E-state index contributed by atoms with van der Waals surface area (Å²) in [5.41, 5.74) is 8.35. The lowest BCUT2D eigenvalue weighted by molar-refractivity contribution is -0.251. The molecule has 1 saturated heterocycles. The third-order valence-electron chi connectivity index (χ3n) is 7.37. The van der Waals surface area contributed by atoms with E-state index in [-0.39, 0.29) is 18.6 Å². The number of carbonyl (C=O) groups is 1. The molecule has 2 heterocycles. The van der Waals surface area contributed by atoms with E-state index in [0.717, 1.165) is 28.7 Å². The Morgan fingerprint density at radius 3 is 2.42 bits per heavy atom. The van der Waals surface area contributed by atoms with Gasteiger partial charge in [-0.3, -0.25) is 4.79 Å². The summed E-state index contributed by atoms with van der Waals surface area (Å²) in [5.74, 6) is 0.260. The molecule has 45 heavy (non-hydrogen) atoms. The highest BCUT2D eigenvalue weighted by Gasteiger charge is 2.40. The Hall–Kier alpha value is -3.11. The summed E-state index contributed by atoms with van der Waals surface area (Å²) in [4.78, 5) is 13.2. The molecule has 8 heteroatoms. The van der Waals surface area contributed by atoms with Gasteiger partial charge < -0.3 is 35.8 Å². The van der Waals surface area contributed by atoms with Crippen LogP contribution in [-0.2, 0) is 14.3 Å². The minimum absolute atomic E-state index is 0.0130. The Morgan fingerprint density at radius 2 is 1.71 bits per heavy atom. The average molecular weight is 623 g/mol. The van der Waals surface area contributed by atoms with Crippen molar-refractivity contribution in [2.24, 2.45) is 11.7 Å². The zero-order valence-electron chi connectivity index (χ0n) is 27.9. The minimum atomic E-state index is -1.48. The van der Waals surface area contributed by atoms with Gasteiger partial charge in [0.25, 0.3) is 0 Å². The van der Waals surface area contributed by atoms with E-state index in [1.807, 2.05) is 76.3 Å². The first-order valence-electron chi connectivity index (χ1n) is 15.7. The maximum atomic E-state index is 13.2. The van der Waals surface area contributed by atoms with Crippen molar-refractivity contribution in [1.82, 2.24) is 5.32 Å². The van der Waals surface area contributed by atoms with E-state index in [0.29, 0.717) is 12.3 Å². The number of amides is 1. The molecule has 2 aliphatic heterocycles. The van der Waals surface area contributed by atoms with Gasteiger partial charge in [0.1, 0.15) is 23.9 Å². The number of hydrogen-bond donors (Lipinski definition) is 5. The molecule has 8 nitrogen and oxygen atoms in total. The molecule has 0 aromatic carbocycles. The maximum Gasteiger partial charge on any atom is 0.247 e. The lowest BCUT2D eigenvalue weighted by Gasteiger charge is -2.39. The minimum Gasteiger partial charge on any atom is -0.389 e. The van der Waals surface area contributed by atoms with Crippen LogP contribution in [0.4, 0.5) is 0 Å². The monoisotopic (exact) mass is 622 g/mol. The first-order valence-corrected chi connectivity index (χ1v) is 15.7. The third-order valence-corrected chi connectivity index (χ3v) is 7.37. The van der Waals surface area contributed by atoms with Gasteiger partial charge in [0, 0.05) is 11.6 Å². The summed E-state index contributed by atoms with van der Waals surface area (Å²) in [6.07, 6.45) is 23.2. The summed E-state index contributed by atoms with van der Waals surface area (Å²) in [6.45, 7) is 13.6. The molecule has 7 atom stereocenters. The predicted octanol–water partition coefficient (Wildman–Crippen LogP) is 5.03. The van der Waals surface area contributed by atoms with Crippen LogP contribution in [-0.4, -0.2) is 70.1 Å². The fraction of sp³-hybridized carbons (Fsp3) is 0.486. The SMILES string of the molecule is CC1=C/C=C\C(C)=C/C[C@H](C)NC(=O)\C(CC(C)C)=C/C(C)=C\C=C/C=C/[C@@](C)(O)[C@@H](O[C@@H]2OC[C@@H](O)[C@H](O)[C@H]2N)/C=C/C=C\1. The molecule has 0 unspecified atom stereocenters. The van der Waals surface area contributed by atoms with Gasteiger partial charge in [0.2, 0.25) is 5.91 Å². The highest BCUT2D eigenvalue weighted by molar-refractivity contribution is 5.94.